The summed E-state index contributed by atoms with van der Waals surface area (Å²) in [6.07, 6.45) is 2.38. The monoisotopic (exact) mass is 367 g/mol. The zero-order valence-electron chi connectivity index (χ0n) is 16.2. The van der Waals surface area contributed by atoms with Crippen LogP contribution >= 0.6 is 0 Å². The van der Waals surface area contributed by atoms with Gasteiger partial charge >= 0.3 is 0 Å². The molecular formula is C22H29N3O2. The zero-order valence-corrected chi connectivity index (χ0v) is 16.2. The maximum absolute atomic E-state index is 12.6. The summed E-state index contributed by atoms with van der Waals surface area (Å²) in [4.78, 5) is 15.0. The van der Waals surface area contributed by atoms with Crippen molar-refractivity contribution in [1.29, 1.82) is 0 Å². The highest BCUT2D eigenvalue weighted by atomic mass is 16.5. The van der Waals surface area contributed by atoms with E-state index in [9.17, 15) is 4.79 Å². The second kappa shape index (κ2) is 9.02. The van der Waals surface area contributed by atoms with Crippen molar-refractivity contribution in [2.24, 2.45) is 5.73 Å². The lowest BCUT2D eigenvalue weighted by molar-refractivity contribution is -0.122. The van der Waals surface area contributed by atoms with E-state index in [4.69, 9.17) is 10.5 Å². The van der Waals surface area contributed by atoms with Crippen molar-refractivity contribution in [2.75, 3.05) is 26.7 Å². The molecule has 5 heteroatoms. The summed E-state index contributed by atoms with van der Waals surface area (Å²) in [5.74, 6) is 0.685. The Kier molecular flexibility index (Phi) is 6.48. The molecule has 0 radical (unpaired) electrons. The molecule has 1 saturated heterocycles. The Balaban J connectivity index is 1.70. The van der Waals surface area contributed by atoms with Gasteiger partial charge in [0.05, 0.1) is 13.2 Å². The van der Waals surface area contributed by atoms with E-state index in [1.807, 2.05) is 43.3 Å². The first-order valence-corrected chi connectivity index (χ1v) is 9.56. The van der Waals surface area contributed by atoms with E-state index in [1.165, 1.54) is 12.8 Å². The van der Waals surface area contributed by atoms with E-state index in [2.05, 4.69) is 22.3 Å². The Morgan fingerprint density at radius 3 is 2.52 bits per heavy atom. The highest BCUT2D eigenvalue weighted by Gasteiger charge is 2.25. The van der Waals surface area contributed by atoms with E-state index < -0.39 is 6.04 Å². The summed E-state index contributed by atoms with van der Waals surface area (Å²) in [6, 6.07) is 15.3. The Bertz CT molecular complexity index is 754. The molecule has 3 rings (SSSR count). The Labute approximate surface area is 161 Å². The van der Waals surface area contributed by atoms with Crippen LogP contribution in [0.5, 0.6) is 5.75 Å². The van der Waals surface area contributed by atoms with Crippen molar-refractivity contribution < 1.29 is 9.53 Å². The number of carbonyl (C=O) groups is 1. The number of amides is 1. The maximum atomic E-state index is 12.6. The molecule has 2 unspecified atom stereocenters. The van der Waals surface area contributed by atoms with Crippen LogP contribution in [0, 0.1) is 6.92 Å². The number of benzene rings is 2. The maximum Gasteiger partial charge on any atom is 0.241 e. The molecule has 0 saturated carbocycles. The fraction of sp³-hybridized carbons (Fsp3) is 0.409. The van der Waals surface area contributed by atoms with E-state index in [-0.39, 0.29) is 11.9 Å². The molecule has 144 valence electrons. The average Bonchev–Trinajstić information content (AvgIpc) is 3.22. The summed E-state index contributed by atoms with van der Waals surface area (Å²) >= 11 is 0. The Morgan fingerprint density at radius 2 is 1.85 bits per heavy atom. The van der Waals surface area contributed by atoms with Crippen LogP contribution in [0.4, 0.5) is 0 Å². The minimum Gasteiger partial charge on any atom is -0.497 e. The van der Waals surface area contributed by atoms with Crippen LogP contribution in [-0.4, -0.2) is 37.6 Å². The molecule has 2 aromatic rings. The molecule has 0 spiro atoms. The van der Waals surface area contributed by atoms with Gasteiger partial charge < -0.3 is 15.8 Å². The third kappa shape index (κ3) is 4.87. The number of hydrogen-bond acceptors (Lipinski definition) is 4. The lowest BCUT2D eigenvalue weighted by Gasteiger charge is -2.29. The summed E-state index contributed by atoms with van der Waals surface area (Å²) in [6.45, 7) is 4.64. The third-order valence-electron chi connectivity index (χ3n) is 5.25. The molecule has 0 aliphatic carbocycles. The topological polar surface area (TPSA) is 67.6 Å². The minimum atomic E-state index is -0.657. The first-order valence-electron chi connectivity index (χ1n) is 9.56. The van der Waals surface area contributed by atoms with Crippen LogP contribution < -0.4 is 15.8 Å². The lowest BCUT2D eigenvalue weighted by Crippen LogP contribution is -2.40. The normalized spacial score (nSPS) is 16.7. The van der Waals surface area contributed by atoms with Crippen LogP contribution in [0.3, 0.4) is 0 Å². The minimum absolute atomic E-state index is 0.122. The Morgan fingerprint density at radius 1 is 1.15 bits per heavy atom. The quantitative estimate of drug-likeness (QED) is 0.790. The second-order valence-corrected chi connectivity index (χ2v) is 7.17. The van der Waals surface area contributed by atoms with Gasteiger partial charge in [-0.05, 0) is 56.1 Å². The fourth-order valence-electron chi connectivity index (χ4n) is 3.59. The number of nitrogens with one attached hydrogen (secondary N) is 1. The summed E-state index contributed by atoms with van der Waals surface area (Å²) in [5.41, 5.74) is 9.30. The molecule has 0 bridgehead atoms. The molecule has 1 fully saturated rings. The van der Waals surface area contributed by atoms with Gasteiger partial charge in [-0.3, -0.25) is 9.69 Å². The van der Waals surface area contributed by atoms with Crippen LogP contribution in [0.1, 0.15) is 41.6 Å². The predicted octanol–water partition coefficient (Wildman–Crippen LogP) is 2.96. The van der Waals surface area contributed by atoms with E-state index >= 15 is 0 Å². The largest absolute Gasteiger partial charge is 0.497 e. The van der Waals surface area contributed by atoms with Gasteiger partial charge in [-0.1, -0.05) is 42.0 Å². The number of carbonyl (C=O) groups excluding carboxylic acids is 1. The summed E-state index contributed by atoms with van der Waals surface area (Å²) < 4.78 is 5.37. The number of methoxy groups -OCH3 is 1. The summed E-state index contributed by atoms with van der Waals surface area (Å²) in [7, 11) is 1.67. The summed E-state index contributed by atoms with van der Waals surface area (Å²) in [5, 5.41) is 3.06. The molecule has 2 aromatic carbocycles. The number of hydrogen-bond donors (Lipinski definition) is 2. The van der Waals surface area contributed by atoms with Gasteiger partial charge in [0.2, 0.25) is 5.91 Å². The number of rotatable bonds is 7. The molecule has 5 nitrogen and oxygen atoms in total. The van der Waals surface area contributed by atoms with Gasteiger partial charge in [0, 0.05) is 6.54 Å². The molecule has 0 aromatic heterocycles. The van der Waals surface area contributed by atoms with E-state index in [1.54, 1.807) is 7.11 Å². The first-order chi connectivity index (χ1) is 13.1. The van der Waals surface area contributed by atoms with Crippen molar-refractivity contribution in [3.63, 3.8) is 0 Å². The number of ether oxygens (including phenoxy) is 1. The van der Waals surface area contributed by atoms with Gasteiger partial charge in [-0.15, -0.1) is 0 Å². The SMILES string of the molecule is COc1cccc(C(CNC(=O)C(N)c2ccc(C)cc2)N2CCCC2)c1. The number of likely N-dealkylation sites (tertiary alicyclic amines) is 1. The zero-order chi connectivity index (χ0) is 19.2. The van der Waals surface area contributed by atoms with Crippen LogP contribution in [0.25, 0.3) is 0 Å². The molecule has 27 heavy (non-hydrogen) atoms. The Hall–Kier alpha value is -2.37. The molecule has 1 aliphatic rings. The van der Waals surface area contributed by atoms with Crippen molar-refractivity contribution in [3.05, 3.63) is 65.2 Å². The van der Waals surface area contributed by atoms with Gasteiger partial charge in [0.25, 0.3) is 0 Å². The van der Waals surface area contributed by atoms with E-state index in [0.717, 1.165) is 35.5 Å². The number of nitrogens with zero attached hydrogens (tertiary/aromatic N) is 1. The van der Waals surface area contributed by atoms with Gasteiger partial charge in [-0.2, -0.15) is 0 Å². The van der Waals surface area contributed by atoms with Crippen LogP contribution in [0.15, 0.2) is 48.5 Å². The van der Waals surface area contributed by atoms with Crippen molar-refractivity contribution >= 4 is 5.91 Å². The van der Waals surface area contributed by atoms with E-state index in [0.29, 0.717) is 6.54 Å². The van der Waals surface area contributed by atoms with Crippen LogP contribution in [0.2, 0.25) is 0 Å². The molecule has 1 aliphatic heterocycles. The van der Waals surface area contributed by atoms with Crippen molar-refractivity contribution in [2.45, 2.75) is 31.8 Å². The standard InChI is InChI=1S/C22H29N3O2/c1-16-8-10-17(11-9-16)21(23)22(26)24-15-20(25-12-3-4-13-25)18-6-5-7-19(14-18)27-2/h5-11,14,20-21H,3-4,12-13,15,23H2,1-2H3,(H,24,26). The second-order valence-electron chi connectivity index (χ2n) is 7.17. The number of aryl methyl sites for hydroxylation is 1. The molecular weight excluding hydrogens is 338 g/mol. The highest BCUT2D eigenvalue weighted by molar-refractivity contribution is 5.83. The molecule has 1 heterocycles. The third-order valence-corrected chi connectivity index (χ3v) is 5.25. The van der Waals surface area contributed by atoms with Gasteiger partial charge in [0.15, 0.2) is 0 Å². The smallest absolute Gasteiger partial charge is 0.241 e. The van der Waals surface area contributed by atoms with Crippen molar-refractivity contribution in [3.8, 4) is 5.75 Å². The van der Waals surface area contributed by atoms with Gasteiger partial charge in [-0.25, -0.2) is 0 Å². The molecule has 2 atom stereocenters. The van der Waals surface area contributed by atoms with Crippen molar-refractivity contribution in [1.82, 2.24) is 10.2 Å². The lowest BCUT2D eigenvalue weighted by atomic mass is 10.0. The van der Waals surface area contributed by atoms with Gasteiger partial charge in [0.1, 0.15) is 11.8 Å². The molecule has 3 N–H and O–H groups in total. The first kappa shape index (κ1) is 19.4. The van der Waals surface area contributed by atoms with Crippen LogP contribution in [-0.2, 0) is 4.79 Å². The predicted molar refractivity (Wildman–Crippen MR) is 108 cm³/mol. The fourth-order valence-corrected chi connectivity index (χ4v) is 3.59. The highest BCUT2D eigenvalue weighted by Crippen LogP contribution is 2.27. The average molecular weight is 367 g/mol. The number of nitrogens with two attached hydrogens (primary N) is 1. The molecule has 1 amide bonds.